The van der Waals surface area contributed by atoms with Crippen LogP contribution >= 0.6 is 0 Å². The van der Waals surface area contributed by atoms with Crippen molar-refractivity contribution in [3.8, 4) is 0 Å². The Morgan fingerprint density at radius 1 is 0.923 bits per heavy atom. The average Bonchev–Trinajstić information content (AvgIpc) is 2.06. The third-order valence-electron chi connectivity index (χ3n) is 0.934. The molecule has 0 aliphatic rings. The van der Waals surface area contributed by atoms with Gasteiger partial charge in [0.15, 0.2) is 0 Å². The summed E-state index contributed by atoms with van der Waals surface area (Å²) in [5.41, 5.74) is 0. The fourth-order valence-corrected chi connectivity index (χ4v) is 0.471. The van der Waals surface area contributed by atoms with Gasteiger partial charge >= 0.3 is 0 Å². The maximum Gasteiger partial charge on any atom is 0.00104 e. The van der Waals surface area contributed by atoms with Crippen molar-refractivity contribution in [3.63, 3.8) is 0 Å². The van der Waals surface area contributed by atoms with Gasteiger partial charge in [-0.15, -0.1) is 0 Å². The lowest BCUT2D eigenvalue weighted by atomic mass is 10.2. The highest BCUT2D eigenvalue weighted by Crippen LogP contribution is 1.87. The summed E-state index contributed by atoms with van der Waals surface area (Å²) in [6, 6.07) is 0.636. The molecule has 0 atom stereocenters. The Balaban J connectivity index is -0.000000169. The molecule has 0 aliphatic heterocycles. The summed E-state index contributed by atoms with van der Waals surface area (Å²) in [6.45, 7) is 18.2. The summed E-state index contributed by atoms with van der Waals surface area (Å²) in [5.74, 6) is 0.775. The first-order valence-corrected chi connectivity index (χ1v) is 5.77. The molecule has 84 valence electrons. The van der Waals surface area contributed by atoms with Gasteiger partial charge in [0.1, 0.15) is 0 Å². The second-order valence-electron chi connectivity index (χ2n) is 3.66. The fourth-order valence-electron chi connectivity index (χ4n) is 0.471. The van der Waals surface area contributed by atoms with Crippen LogP contribution in [0.2, 0.25) is 0 Å². The van der Waals surface area contributed by atoms with E-state index in [2.05, 4.69) is 46.9 Å². The van der Waals surface area contributed by atoms with Crippen molar-refractivity contribution in [2.75, 3.05) is 6.54 Å². The van der Waals surface area contributed by atoms with Gasteiger partial charge in [0.05, 0.1) is 0 Å². The molecule has 0 aromatic carbocycles. The minimum absolute atomic E-state index is 0.636. The zero-order chi connectivity index (χ0) is 11.3. The molecule has 0 amide bonds. The molecule has 0 fully saturated rings. The van der Waals surface area contributed by atoms with E-state index in [4.69, 9.17) is 0 Å². The van der Waals surface area contributed by atoms with Gasteiger partial charge in [-0.25, -0.2) is 0 Å². The highest BCUT2D eigenvalue weighted by molar-refractivity contribution is 4.54. The normalized spacial score (nSPS) is 8.77. The Hall–Kier alpha value is -0.0400. The molecule has 0 bridgehead atoms. The zero-order valence-electron chi connectivity index (χ0n) is 11.1. The molecular formula is C12H31N. The molecule has 1 N–H and O–H groups in total. The number of hydrogen-bond donors (Lipinski definition) is 1. The smallest absolute Gasteiger partial charge is 0.00104 e. The van der Waals surface area contributed by atoms with E-state index < -0.39 is 0 Å². The molecule has 13 heavy (non-hydrogen) atoms. The minimum Gasteiger partial charge on any atom is -0.314 e. The molecule has 0 radical (unpaired) electrons. The maximum atomic E-state index is 3.34. The molecule has 0 aromatic rings. The van der Waals surface area contributed by atoms with Crippen LogP contribution in [-0.2, 0) is 0 Å². The Bertz CT molecular complexity index is 50.1. The third kappa shape index (κ3) is 48.2. The summed E-state index contributed by atoms with van der Waals surface area (Å²) < 4.78 is 0. The Labute approximate surface area is 86.3 Å². The number of hydrogen-bond acceptors (Lipinski definition) is 1. The minimum atomic E-state index is 0.636. The Morgan fingerprint density at radius 2 is 1.23 bits per heavy atom. The summed E-state index contributed by atoms with van der Waals surface area (Å²) in [5, 5.41) is 3.34. The van der Waals surface area contributed by atoms with Crippen LogP contribution in [0.4, 0.5) is 0 Å². The van der Waals surface area contributed by atoms with Crippen LogP contribution in [0.1, 0.15) is 61.8 Å². The first kappa shape index (κ1) is 18.7. The van der Waals surface area contributed by atoms with Crippen LogP contribution in [0.25, 0.3) is 0 Å². The van der Waals surface area contributed by atoms with Crippen molar-refractivity contribution in [1.82, 2.24) is 5.32 Å². The molecule has 0 spiro atoms. The van der Waals surface area contributed by atoms with E-state index in [0.29, 0.717) is 6.04 Å². The SMILES string of the molecule is CC.CC(C)CNC(C)C.CCC. The monoisotopic (exact) mass is 189 g/mol. The molecule has 0 heterocycles. The van der Waals surface area contributed by atoms with Crippen LogP contribution in [0.15, 0.2) is 0 Å². The van der Waals surface area contributed by atoms with Crippen molar-refractivity contribution >= 4 is 0 Å². The molecule has 0 saturated carbocycles. The summed E-state index contributed by atoms with van der Waals surface area (Å²) in [6.07, 6.45) is 1.25. The molecule has 0 saturated heterocycles. The molecule has 0 unspecified atom stereocenters. The van der Waals surface area contributed by atoms with E-state index in [1.165, 1.54) is 6.42 Å². The highest BCUT2D eigenvalue weighted by atomic mass is 14.9. The van der Waals surface area contributed by atoms with Gasteiger partial charge in [0, 0.05) is 6.04 Å². The van der Waals surface area contributed by atoms with E-state index in [-0.39, 0.29) is 0 Å². The molecular weight excluding hydrogens is 158 g/mol. The molecule has 0 rings (SSSR count). The van der Waals surface area contributed by atoms with Crippen LogP contribution in [-0.4, -0.2) is 12.6 Å². The van der Waals surface area contributed by atoms with Gasteiger partial charge in [-0.1, -0.05) is 61.8 Å². The first-order valence-electron chi connectivity index (χ1n) is 5.77. The number of nitrogens with one attached hydrogen (secondary N) is 1. The second kappa shape index (κ2) is 17.9. The standard InChI is InChI=1S/C7H17N.C3H8.C2H6/c1-6(2)5-8-7(3)4;1-3-2;1-2/h6-8H,5H2,1-4H3;3H2,1-2H3;1-2H3. The van der Waals surface area contributed by atoms with Gasteiger partial charge in [-0.2, -0.15) is 0 Å². The lowest BCUT2D eigenvalue weighted by Gasteiger charge is -2.09. The summed E-state index contributed by atoms with van der Waals surface area (Å²) >= 11 is 0. The lowest BCUT2D eigenvalue weighted by molar-refractivity contribution is 0.505. The largest absolute Gasteiger partial charge is 0.314 e. The van der Waals surface area contributed by atoms with Crippen molar-refractivity contribution in [1.29, 1.82) is 0 Å². The summed E-state index contributed by atoms with van der Waals surface area (Å²) in [4.78, 5) is 0. The van der Waals surface area contributed by atoms with E-state index in [0.717, 1.165) is 12.5 Å². The van der Waals surface area contributed by atoms with Gasteiger partial charge < -0.3 is 5.32 Å². The average molecular weight is 189 g/mol. The van der Waals surface area contributed by atoms with Crippen molar-refractivity contribution < 1.29 is 0 Å². The van der Waals surface area contributed by atoms with Crippen molar-refractivity contribution in [2.24, 2.45) is 5.92 Å². The highest BCUT2D eigenvalue weighted by Gasteiger charge is 1.93. The van der Waals surface area contributed by atoms with E-state index in [1.54, 1.807) is 0 Å². The third-order valence-corrected chi connectivity index (χ3v) is 0.934. The van der Waals surface area contributed by atoms with Gasteiger partial charge in [-0.05, 0) is 12.5 Å². The van der Waals surface area contributed by atoms with Gasteiger partial charge in [0.2, 0.25) is 0 Å². The molecule has 1 heteroatoms. The maximum absolute atomic E-state index is 3.34. The molecule has 0 aliphatic carbocycles. The summed E-state index contributed by atoms with van der Waals surface area (Å²) in [7, 11) is 0. The fraction of sp³-hybridized carbons (Fsp3) is 1.00. The first-order chi connectivity index (χ1) is 6.04. The molecule has 0 aromatic heterocycles. The lowest BCUT2D eigenvalue weighted by Crippen LogP contribution is -2.26. The van der Waals surface area contributed by atoms with E-state index in [1.807, 2.05) is 13.8 Å². The second-order valence-corrected chi connectivity index (χ2v) is 3.66. The van der Waals surface area contributed by atoms with E-state index >= 15 is 0 Å². The number of rotatable bonds is 3. The van der Waals surface area contributed by atoms with Crippen LogP contribution < -0.4 is 5.32 Å². The predicted octanol–water partition coefficient (Wildman–Crippen LogP) is 4.08. The van der Waals surface area contributed by atoms with E-state index in [9.17, 15) is 0 Å². The van der Waals surface area contributed by atoms with Crippen molar-refractivity contribution in [2.45, 2.75) is 67.9 Å². The quantitative estimate of drug-likeness (QED) is 0.705. The van der Waals surface area contributed by atoms with Gasteiger partial charge in [-0.3, -0.25) is 0 Å². The van der Waals surface area contributed by atoms with Crippen LogP contribution in [0.5, 0.6) is 0 Å². The van der Waals surface area contributed by atoms with Crippen LogP contribution in [0, 0.1) is 5.92 Å². The van der Waals surface area contributed by atoms with Crippen molar-refractivity contribution in [3.05, 3.63) is 0 Å². The topological polar surface area (TPSA) is 12.0 Å². The van der Waals surface area contributed by atoms with Gasteiger partial charge in [0.25, 0.3) is 0 Å². The molecule has 1 nitrogen and oxygen atoms in total. The predicted molar refractivity (Wildman–Crippen MR) is 65.3 cm³/mol. The zero-order valence-corrected chi connectivity index (χ0v) is 11.1. The van der Waals surface area contributed by atoms with Crippen LogP contribution in [0.3, 0.4) is 0 Å². The Morgan fingerprint density at radius 3 is 1.31 bits per heavy atom. The Kier molecular flexibility index (Phi) is 25.7.